The third-order valence-corrected chi connectivity index (χ3v) is 5.29. The highest BCUT2D eigenvalue weighted by molar-refractivity contribution is 4.94. The molecule has 3 fully saturated rings. The minimum Gasteiger partial charge on any atom is -0.306 e. The van der Waals surface area contributed by atoms with Crippen LogP contribution in [0.2, 0.25) is 0 Å². The topological polar surface area (TPSA) is 6.48 Å². The van der Waals surface area contributed by atoms with Crippen LogP contribution in [-0.4, -0.2) is 49.1 Å². The minimum atomic E-state index is 0.936. The maximum absolute atomic E-state index is 2.85. The molecule has 2 unspecified atom stereocenters. The lowest BCUT2D eigenvalue weighted by molar-refractivity contribution is 0.180. The molecular formula is C15H28N2. The molecule has 2 aliphatic heterocycles. The van der Waals surface area contributed by atoms with Gasteiger partial charge in [-0.05, 0) is 31.7 Å². The normalized spacial score (nSPS) is 37.9. The number of hydrogen-bond acceptors (Lipinski definition) is 2. The molecule has 2 nitrogen and oxygen atoms in total. The molecule has 0 N–H and O–H groups in total. The molecular weight excluding hydrogens is 208 g/mol. The van der Waals surface area contributed by atoms with Crippen LogP contribution in [-0.2, 0) is 0 Å². The Morgan fingerprint density at radius 2 is 1.24 bits per heavy atom. The predicted octanol–water partition coefficient (Wildman–Crippen LogP) is 2.59. The van der Waals surface area contributed by atoms with Crippen LogP contribution in [0.25, 0.3) is 0 Å². The number of fused-ring (bicyclic) bond motifs is 1. The second-order valence-corrected chi connectivity index (χ2v) is 6.69. The molecule has 0 amide bonds. The number of rotatable bonds is 1. The standard InChI is InChI=1S/C15H28N2/c1-16-9-13-11-17(12-14(13)10-16)15-7-5-3-2-4-6-8-15/h13-15H,2-12H2,1H3. The van der Waals surface area contributed by atoms with Gasteiger partial charge in [0, 0.05) is 32.2 Å². The van der Waals surface area contributed by atoms with E-state index in [1.54, 1.807) is 0 Å². The zero-order valence-corrected chi connectivity index (χ0v) is 11.4. The summed E-state index contributed by atoms with van der Waals surface area (Å²) in [6.45, 7) is 5.52. The summed E-state index contributed by atoms with van der Waals surface area (Å²) in [6, 6.07) is 0.936. The van der Waals surface area contributed by atoms with Crippen molar-refractivity contribution in [2.45, 2.75) is 51.0 Å². The molecule has 3 aliphatic rings. The highest BCUT2D eigenvalue weighted by Gasteiger charge is 2.40. The summed E-state index contributed by atoms with van der Waals surface area (Å²) in [5, 5.41) is 0. The molecule has 0 spiro atoms. The van der Waals surface area contributed by atoms with E-state index < -0.39 is 0 Å². The van der Waals surface area contributed by atoms with Gasteiger partial charge in [-0.1, -0.05) is 32.1 Å². The van der Waals surface area contributed by atoms with Gasteiger partial charge < -0.3 is 4.90 Å². The Morgan fingerprint density at radius 1 is 0.706 bits per heavy atom. The van der Waals surface area contributed by atoms with Crippen molar-refractivity contribution in [2.75, 3.05) is 33.2 Å². The van der Waals surface area contributed by atoms with E-state index in [-0.39, 0.29) is 0 Å². The Balaban J connectivity index is 1.55. The molecule has 2 saturated heterocycles. The lowest BCUT2D eigenvalue weighted by atomic mass is 9.96. The van der Waals surface area contributed by atoms with Crippen LogP contribution in [0.3, 0.4) is 0 Å². The van der Waals surface area contributed by atoms with Gasteiger partial charge in [-0.3, -0.25) is 4.90 Å². The lowest BCUT2D eigenvalue weighted by Gasteiger charge is -2.30. The van der Waals surface area contributed by atoms with E-state index in [1.165, 1.54) is 71.1 Å². The summed E-state index contributed by atoms with van der Waals surface area (Å²) in [5.41, 5.74) is 0. The molecule has 2 heterocycles. The third kappa shape index (κ3) is 2.68. The highest BCUT2D eigenvalue weighted by Crippen LogP contribution is 2.33. The second kappa shape index (κ2) is 5.27. The van der Waals surface area contributed by atoms with Crippen molar-refractivity contribution in [3.63, 3.8) is 0 Å². The van der Waals surface area contributed by atoms with Gasteiger partial charge in [0.15, 0.2) is 0 Å². The lowest BCUT2D eigenvalue weighted by Crippen LogP contribution is -2.36. The molecule has 3 rings (SSSR count). The molecule has 98 valence electrons. The number of hydrogen-bond donors (Lipinski definition) is 0. The molecule has 1 saturated carbocycles. The summed E-state index contributed by atoms with van der Waals surface area (Å²) in [7, 11) is 2.29. The van der Waals surface area contributed by atoms with E-state index in [4.69, 9.17) is 0 Å². The zero-order valence-electron chi connectivity index (χ0n) is 11.4. The monoisotopic (exact) mass is 236 g/mol. The van der Waals surface area contributed by atoms with Crippen molar-refractivity contribution in [3.05, 3.63) is 0 Å². The van der Waals surface area contributed by atoms with E-state index in [2.05, 4.69) is 16.8 Å². The van der Waals surface area contributed by atoms with Gasteiger partial charge in [-0.2, -0.15) is 0 Å². The summed E-state index contributed by atoms with van der Waals surface area (Å²) in [5.74, 6) is 1.98. The van der Waals surface area contributed by atoms with Gasteiger partial charge in [0.25, 0.3) is 0 Å². The van der Waals surface area contributed by atoms with Gasteiger partial charge in [0.2, 0.25) is 0 Å². The Labute approximate surface area is 106 Å². The minimum absolute atomic E-state index is 0.936. The van der Waals surface area contributed by atoms with Crippen molar-refractivity contribution in [3.8, 4) is 0 Å². The van der Waals surface area contributed by atoms with Gasteiger partial charge in [0.05, 0.1) is 0 Å². The number of likely N-dealkylation sites (tertiary alicyclic amines) is 2. The summed E-state index contributed by atoms with van der Waals surface area (Å²) < 4.78 is 0. The third-order valence-electron chi connectivity index (χ3n) is 5.29. The van der Waals surface area contributed by atoms with Gasteiger partial charge in [0.1, 0.15) is 0 Å². The fourth-order valence-corrected chi connectivity index (χ4v) is 4.36. The van der Waals surface area contributed by atoms with Crippen molar-refractivity contribution < 1.29 is 0 Å². The Morgan fingerprint density at radius 3 is 1.82 bits per heavy atom. The highest BCUT2D eigenvalue weighted by atomic mass is 15.2. The fourth-order valence-electron chi connectivity index (χ4n) is 4.36. The molecule has 2 atom stereocenters. The van der Waals surface area contributed by atoms with Gasteiger partial charge in [-0.25, -0.2) is 0 Å². The molecule has 0 aromatic heterocycles. The summed E-state index contributed by atoms with van der Waals surface area (Å²) in [4.78, 5) is 5.39. The first kappa shape index (κ1) is 12.0. The SMILES string of the molecule is CN1CC2CN(C3CCCCCCC3)CC2C1. The quantitative estimate of drug-likeness (QED) is 0.690. The van der Waals surface area contributed by atoms with E-state index in [0.29, 0.717) is 0 Å². The fraction of sp³-hybridized carbons (Fsp3) is 1.00. The van der Waals surface area contributed by atoms with E-state index in [1.807, 2.05) is 0 Å². The second-order valence-electron chi connectivity index (χ2n) is 6.69. The van der Waals surface area contributed by atoms with Crippen LogP contribution in [0, 0.1) is 11.8 Å². The molecule has 0 bridgehead atoms. The van der Waals surface area contributed by atoms with Crippen molar-refractivity contribution in [1.82, 2.24) is 9.80 Å². The smallest absolute Gasteiger partial charge is 0.00955 e. The Bertz CT molecular complexity index is 231. The zero-order chi connectivity index (χ0) is 11.7. The molecule has 0 radical (unpaired) electrons. The van der Waals surface area contributed by atoms with E-state index >= 15 is 0 Å². The van der Waals surface area contributed by atoms with Gasteiger partial charge in [-0.15, -0.1) is 0 Å². The first-order valence-corrected chi connectivity index (χ1v) is 7.75. The van der Waals surface area contributed by atoms with Crippen LogP contribution in [0.15, 0.2) is 0 Å². The largest absolute Gasteiger partial charge is 0.306 e. The molecule has 0 aromatic rings. The molecule has 0 aromatic carbocycles. The number of nitrogens with zero attached hydrogens (tertiary/aromatic N) is 2. The van der Waals surface area contributed by atoms with Crippen LogP contribution in [0.4, 0.5) is 0 Å². The van der Waals surface area contributed by atoms with Crippen molar-refractivity contribution in [1.29, 1.82) is 0 Å². The molecule has 17 heavy (non-hydrogen) atoms. The predicted molar refractivity (Wildman–Crippen MR) is 72.2 cm³/mol. The van der Waals surface area contributed by atoms with Crippen LogP contribution >= 0.6 is 0 Å². The van der Waals surface area contributed by atoms with E-state index in [9.17, 15) is 0 Å². The first-order valence-electron chi connectivity index (χ1n) is 7.75. The summed E-state index contributed by atoms with van der Waals surface area (Å²) >= 11 is 0. The van der Waals surface area contributed by atoms with Crippen molar-refractivity contribution in [2.24, 2.45) is 11.8 Å². The van der Waals surface area contributed by atoms with Gasteiger partial charge >= 0.3 is 0 Å². The van der Waals surface area contributed by atoms with Crippen LogP contribution in [0.1, 0.15) is 44.9 Å². The first-order chi connectivity index (χ1) is 8.33. The van der Waals surface area contributed by atoms with Crippen molar-refractivity contribution >= 4 is 0 Å². The maximum Gasteiger partial charge on any atom is 0.00955 e. The Hall–Kier alpha value is -0.0800. The average molecular weight is 236 g/mol. The van der Waals surface area contributed by atoms with E-state index in [0.717, 1.165) is 17.9 Å². The Kier molecular flexibility index (Phi) is 3.72. The molecule has 1 aliphatic carbocycles. The van der Waals surface area contributed by atoms with Crippen LogP contribution in [0.5, 0.6) is 0 Å². The maximum atomic E-state index is 2.85. The average Bonchev–Trinajstić information content (AvgIpc) is 2.73. The summed E-state index contributed by atoms with van der Waals surface area (Å²) in [6.07, 6.45) is 10.4. The molecule has 2 heteroatoms. The van der Waals surface area contributed by atoms with Crippen LogP contribution < -0.4 is 0 Å².